The fourth-order valence-electron chi connectivity index (χ4n) is 4.67. The Hall–Kier alpha value is -2.93. The summed E-state index contributed by atoms with van der Waals surface area (Å²) in [6.07, 6.45) is 3.93. The van der Waals surface area contributed by atoms with Crippen LogP contribution in [0.2, 0.25) is 0 Å². The van der Waals surface area contributed by atoms with Crippen molar-refractivity contribution in [1.29, 1.82) is 0 Å². The fraction of sp³-hybridized carbons (Fsp3) is 0.448. The lowest BCUT2D eigenvalue weighted by molar-refractivity contribution is -0.137. The fourth-order valence-corrected chi connectivity index (χ4v) is 5.69. The highest BCUT2D eigenvalue weighted by molar-refractivity contribution is 7.39. The second kappa shape index (κ2) is 14.9. The minimum atomic E-state index is -0.878. The number of fused-ring (bicyclic) bond motifs is 1. The molecule has 204 valence electrons. The second-order valence-electron chi connectivity index (χ2n) is 9.99. The van der Waals surface area contributed by atoms with Crippen LogP contribution in [0.4, 0.5) is 0 Å². The molecule has 2 aromatic rings. The van der Waals surface area contributed by atoms with Crippen molar-refractivity contribution in [2.45, 2.75) is 51.7 Å². The zero-order chi connectivity index (χ0) is 27.5. The number of carboxylic acids is 1. The minimum absolute atomic E-state index is 0.00315. The Labute approximate surface area is 225 Å². The van der Waals surface area contributed by atoms with Gasteiger partial charge in [0.05, 0.1) is 13.1 Å². The number of phenols is 1. The zero-order valence-corrected chi connectivity index (χ0v) is 22.9. The van der Waals surface area contributed by atoms with Crippen molar-refractivity contribution in [1.82, 2.24) is 9.80 Å². The van der Waals surface area contributed by atoms with E-state index in [0.29, 0.717) is 78.3 Å². The van der Waals surface area contributed by atoms with E-state index in [0.717, 1.165) is 28.5 Å². The SMILES string of the molecule is CN1CC(=O)CCPCC(=O)CN(Cc2cc(CCC(=O)O)ccc2O)Cc2ccc(CCC=O)cc2C1. The predicted molar refractivity (Wildman–Crippen MR) is 148 cm³/mol. The van der Waals surface area contributed by atoms with Crippen molar-refractivity contribution in [3.63, 3.8) is 0 Å². The number of nitrogens with zero attached hydrogens (tertiary/aromatic N) is 2. The van der Waals surface area contributed by atoms with Crippen LogP contribution in [-0.2, 0) is 51.7 Å². The third-order valence-electron chi connectivity index (χ3n) is 6.57. The lowest BCUT2D eigenvalue weighted by Crippen LogP contribution is -2.32. The van der Waals surface area contributed by atoms with E-state index in [-0.39, 0.29) is 30.3 Å². The number of phenolic OH excluding ortho intramolecular Hbond substituents is 1. The van der Waals surface area contributed by atoms with E-state index in [1.807, 2.05) is 35.0 Å². The Morgan fingerprint density at radius 3 is 2.50 bits per heavy atom. The largest absolute Gasteiger partial charge is 0.508 e. The molecule has 1 atom stereocenters. The number of likely N-dealkylation sites (N-methyl/N-ethyl adjacent to an activating group) is 1. The van der Waals surface area contributed by atoms with E-state index in [4.69, 9.17) is 5.11 Å². The summed E-state index contributed by atoms with van der Waals surface area (Å²) in [4.78, 5) is 51.3. The molecule has 0 aliphatic carbocycles. The van der Waals surface area contributed by atoms with E-state index in [1.165, 1.54) is 0 Å². The van der Waals surface area contributed by atoms with Gasteiger partial charge in [-0.1, -0.05) is 30.3 Å². The number of ketones is 2. The molecule has 1 aliphatic heterocycles. The summed E-state index contributed by atoms with van der Waals surface area (Å²) < 4.78 is 0. The van der Waals surface area contributed by atoms with Gasteiger partial charge in [-0.2, -0.15) is 0 Å². The summed E-state index contributed by atoms with van der Waals surface area (Å²) >= 11 is 0. The molecule has 0 saturated heterocycles. The maximum absolute atomic E-state index is 12.9. The molecule has 0 saturated carbocycles. The Bertz CT molecular complexity index is 1150. The highest BCUT2D eigenvalue weighted by Crippen LogP contribution is 2.25. The minimum Gasteiger partial charge on any atom is -0.508 e. The smallest absolute Gasteiger partial charge is 0.303 e. The first-order chi connectivity index (χ1) is 18.2. The maximum Gasteiger partial charge on any atom is 0.303 e. The number of carbonyl (C=O) groups excluding carboxylic acids is 3. The summed E-state index contributed by atoms with van der Waals surface area (Å²) in [5, 5.41) is 19.6. The van der Waals surface area contributed by atoms with Crippen molar-refractivity contribution in [2.75, 3.05) is 32.5 Å². The molecule has 2 N–H and O–H groups in total. The number of Topliss-reactive ketones (excluding diaryl/α,β-unsaturated/α-hetero) is 2. The van der Waals surface area contributed by atoms with Crippen LogP contribution in [0.15, 0.2) is 36.4 Å². The van der Waals surface area contributed by atoms with Crippen molar-refractivity contribution < 1.29 is 29.4 Å². The number of hydrogen-bond acceptors (Lipinski definition) is 7. The van der Waals surface area contributed by atoms with Gasteiger partial charge in [-0.05, 0) is 54.4 Å². The number of aliphatic carboxylic acids is 1. The monoisotopic (exact) mass is 540 g/mol. The van der Waals surface area contributed by atoms with Gasteiger partial charge in [-0.3, -0.25) is 24.2 Å². The van der Waals surface area contributed by atoms with Gasteiger partial charge >= 0.3 is 5.97 Å². The number of carbonyl (C=O) groups is 4. The van der Waals surface area contributed by atoms with Crippen LogP contribution < -0.4 is 0 Å². The van der Waals surface area contributed by atoms with E-state index < -0.39 is 5.97 Å². The zero-order valence-electron chi connectivity index (χ0n) is 21.9. The molecule has 0 radical (unpaired) electrons. The Morgan fingerprint density at radius 2 is 1.74 bits per heavy atom. The van der Waals surface area contributed by atoms with Crippen LogP contribution in [0, 0.1) is 0 Å². The van der Waals surface area contributed by atoms with Gasteiger partial charge in [0.1, 0.15) is 17.8 Å². The van der Waals surface area contributed by atoms with E-state index in [9.17, 15) is 24.3 Å². The summed E-state index contributed by atoms with van der Waals surface area (Å²) in [5.74, 6) is -0.504. The van der Waals surface area contributed by atoms with Crippen molar-refractivity contribution in [3.8, 4) is 5.75 Å². The van der Waals surface area contributed by atoms with Gasteiger partial charge in [0.25, 0.3) is 0 Å². The van der Waals surface area contributed by atoms with Gasteiger partial charge in [0.2, 0.25) is 0 Å². The van der Waals surface area contributed by atoms with Gasteiger partial charge in [-0.15, -0.1) is 8.58 Å². The molecule has 0 bridgehead atoms. The molecule has 1 aliphatic rings. The number of benzene rings is 2. The van der Waals surface area contributed by atoms with Crippen LogP contribution >= 0.6 is 8.58 Å². The summed E-state index contributed by atoms with van der Waals surface area (Å²) in [5.41, 5.74) is 4.58. The molecule has 9 heteroatoms. The van der Waals surface area contributed by atoms with Crippen molar-refractivity contribution in [2.24, 2.45) is 0 Å². The number of carboxylic acid groups (broad SMARTS) is 1. The van der Waals surface area contributed by atoms with E-state index in [2.05, 4.69) is 6.07 Å². The normalized spacial score (nSPS) is 17.2. The average molecular weight is 541 g/mol. The van der Waals surface area contributed by atoms with Crippen LogP contribution in [-0.4, -0.2) is 76.3 Å². The summed E-state index contributed by atoms with van der Waals surface area (Å²) in [6, 6.07) is 11.2. The number of aryl methyl sites for hydroxylation is 2. The summed E-state index contributed by atoms with van der Waals surface area (Å²) in [6.45, 7) is 1.93. The molecule has 8 nitrogen and oxygen atoms in total. The van der Waals surface area contributed by atoms with Crippen molar-refractivity contribution in [3.05, 3.63) is 64.2 Å². The van der Waals surface area contributed by atoms with Gasteiger partial charge in [-0.25, -0.2) is 0 Å². The molecule has 0 fully saturated rings. The van der Waals surface area contributed by atoms with E-state index in [1.54, 1.807) is 12.1 Å². The molecule has 38 heavy (non-hydrogen) atoms. The Kier molecular flexibility index (Phi) is 11.6. The van der Waals surface area contributed by atoms with Crippen LogP contribution in [0.1, 0.15) is 47.1 Å². The molecule has 1 unspecified atom stereocenters. The quantitative estimate of drug-likeness (QED) is 0.388. The molecular weight excluding hydrogens is 503 g/mol. The van der Waals surface area contributed by atoms with Crippen LogP contribution in [0.25, 0.3) is 0 Å². The number of hydrogen-bond donors (Lipinski definition) is 2. The van der Waals surface area contributed by atoms with Gasteiger partial charge < -0.3 is 15.0 Å². The number of aromatic hydroxyl groups is 1. The molecule has 2 aromatic carbocycles. The Morgan fingerprint density at radius 1 is 0.974 bits per heavy atom. The topological polar surface area (TPSA) is 115 Å². The average Bonchev–Trinajstić information content (AvgIpc) is 2.86. The number of rotatable bonds is 8. The van der Waals surface area contributed by atoms with Crippen molar-refractivity contribution >= 4 is 32.4 Å². The molecule has 0 spiro atoms. The predicted octanol–water partition coefficient (Wildman–Crippen LogP) is 3.20. The third-order valence-corrected chi connectivity index (χ3v) is 7.82. The first-order valence-electron chi connectivity index (χ1n) is 13.0. The highest BCUT2D eigenvalue weighted by atomic mass is 31.1. The highest BCUT2D eigenvalue weighted by Gasteiger charge is 2.19. The van der Waals surface area contributed by atoms with Gasteiger partial charge in [0, 0.05) is 50.6 Å². The molecular formula is C29H37N2O6P. The Balaban J connectivity index is 1.92. The maximum atomic E-state index is 12.9. The lowest BCUT2D eigenvalue weighted by atomic mass is 9.99. The molecule has 0 amide bonds. The standard InChI is InChI=1S/C29H37N2O6P/c1-30-15-24-13-21(3-2-11-32)4-7-23(24)16-31(19-27(34)20-38-12-10-26(33)18-30)17-25-14-22(5-8-28(25)35)6-9-29(36)37/h4-5,7-8,11,13-14,35,38H,2-3,6,9-10,12,15-20H2,1H3,(H,36,37). The third kappa shape index (κ3) is 9.75. The summed E-state index contributed by atoms with van der Waals surface area (Å²) in [7, 11) is 2.32. The van der Waals surface area contributed by atoms with Crippen LogP contribution in [0.3, 0.4) is 0 Å². The van der Waals surface area contributed by atoms with Crippen LogP contribution in [0.5, 0.6) is 5.75 Å². The molecule has 1 heterocycles. The number of aldehydes is 1. The first-order valence-corrected chi connectivity index (χ1v) is 14.4. The second-order valence-corrected chi connectivity index (χ2v) is 11.3. The van der Waals surface area contributed by atoms with E-state index >= 15 is 0 Å². The lowest BCUT2D eigenvalue weighted by Gasteiger charge is -2.26. The first kappa shape index (κ1) is 29.6. The molecule has 3 rings (SSSR count). The molecule has 0 aromatic heterocycles. The van der Waals surface area contributed by atoms with Gasteiger partial charge in [0.15, 0.2) is 5.78 Å².